The Morgan fingerprint density at radius 2 is 1.11 bits per heavy atom. The standard InChI is InChI=1S/C44H39NOS/c1-43(2,3)30-19-23-38-36(26-30)40-37(27-35-34-25-31(44(4,5)6)20-24-39(34)47-42(35)41(40)46-38)45(32-15-11-8-12-16-32)33-21-17-29(18-22-33)28-13-9-7-10-14-28/h7-27H,1-6H3. The average molecular weight is 630 g/mol. The van der Waals surface area contributed by atoms with Gasteiger partial charge in [-0.1, -0.05) is 114 Å². The minimum Gasteiger partial charge on any atom is -0.454 e. The third kappa shape index (κ3) is 5.10. The quantitative estimate of drug-likeness (QED) is 0.193. The lowest BCUT2D eigenvalue weighted by Gasteiger charge is -2.27. The molecule has 47 heavy (non-hydrogen) atoms. The number of fused-ring (bicyclic) bond motifs is 7. The molecule has 2 aromatic heterocycles. The molecule has 0 aliphatic carbocycles. The maximum Gasteiger partial charge on any atom is 0.155 e. The molecule has 3 heteroatoms. The maximum atomic E-state index is 6.88. The second-order valence-corrected chi connectivity index (χ2v) is 15.7. The summed E-state index contributed by atoms with van der Waals surface area (Å²) >= 11 is 1.83. The molecule has 232 valence electrons. The smallest absolute Gasteiger partial charge is 0.155 e. The van der Waals surface area contributed by atoms with E-state index in [9.17, 15) is 0 Å². The Morgan fingerprint density at radius 3 is 1.77 bits per heavy atom. The van der Waals surface area contributed by atoms with E-state index < -0.39 is 0 Å². The Labute approximate surface area is 280 Å². The fourth-order valence-electron chi connectivity index (χ4n) is 6.70. The molecule has 0 aliphatic rings. The molecule has 0 spiro atoms. The minimum absolute atomic E-state index is 0.00933. The molecular weight excluding hydrogens is 591 g/mol. The number of para-hydroxylation sites is 1. The van der Waals surface area contributed by atoms with Crippen LogP contribution in [0.2, 0.25) is 0 Å². The molecule has 6 aromatic carbocycles. The first-order valence-corrected chi connectivity index (χ1v) is 17.2. The lowest BCUT2D eigenvalue weighted by molar-refractivity contribution is 0.590. The van der Waals surface area contributed by atoms with Crippen molar-refractivity contribution in [1.82, 2.24) is 0 Å². The number of hydrogen-bond donors (Lipinski definition) is 0. The Bertz CT molecular complexity index is 2400. The summed E-state index contributed by atoms with van der Waals surface area (Å²) in [7, 11) is 0. The van der Waals surface area contributed by atoms with Gasteiger partial charge >= 0.3 is 0 Å². The number of furan rings is 1. The zero-order valence-corrected chi connectivity index (χ0v) is 28.7. The molecule has 2 heterocycles. The van der Waals surface area contributed by atoms with E-state index in [0.29, 0.717) is 0 Å². The lowest BCUT2D eigenvalue weighted by atomic mass is 9.86. The van der Waals surface area contributed by atoms with Crippen molar-refractivity contribution < 1.29 is 4.42 Å². The van der Waals surface area contributed by atoms with Crippen LogP contribution in [0.5, 0.6) is 0 Å². The number of rotatable bonds is 4. The SMILES string of the molecule is CC(C)(C)c1ccc2sc3c(cc(N(c4ccccc4)c4ccc(-c5ccccc5)cc4)c4c5cc(C(C)(C)C)ccc5oc34)c2c1. The average Bonchev–Trinajstić information content (AvgIpc) is 3.63. The Hall–Kier alpha value is -4.86. The van der Waals surface area contributed by atoms with Crippen LogP contribution in [-0.4, -0.2) is 0 Å². The summed E-state index contributed by atoms with van der Waals surface area (Å²) in [5.41, 5.74) is 10.3. The van der Waals surface area contributed by atoms with Gasteiger partial charge in [0.1, 0.15) is 5.58 Å². The monoisotopic (exact) mass is 629 g/mol. The van der Waals surface area contributed by atoms with Gasteiger partial charge in [0, 0.05) is 32.2 Å². The molecule has 0 N–H and O–H groups in total. The number of thiophene rings is 1. The summed E-state index contributed by atoms with van der Waals surface area (Å²) in [6.07, 6.45) is 0. The van der Waals surface area contributed by atoms with E-state index in [1.807, 2.05) is 11.3 Å². The fourth-order valence-corrected chi connectivity index (χ4v) is 7.85. The van der Waals surface area contributed by atoms with Gasteiger partial charge in [0.15, 0.2) is 5.58 Å². The van der Waals surface area contributed by atoms with Gasteiger partial charge in [-0.05, 0) is 87.7 Å². The highest BCUT2D eigenvalue weighted by atomic mass is 32.1. The number of anilines is 3. The van der Waals surface area contributed by atoms with E-state index >= 15 is 0 Å². The highest BCUT2D eigenvalue weighted by Gasteiger charge is 2.26. The summed E-state index contributed by atoms with van der Waals surface area (Å²) in [6, 6.07) is 46.4. The molecule has 8 rings (SSSR count). The van der Waals surface area contributed by atoms with Crippen molar-refractivity contribution in [3.8, 4) is 11.1 Å². The van der Waals surface area contributed by atoms with Gasteiger partial charge in [-0.3, -0.25) is 0 Å². The van der Waals surface area contributed by atoms with Crippen molar-refractivity contribution in [2.75, 3.05) is 4.90 Å². The summed E-state index contributed by atoms with van der Waals surface area (Å²) in [5, 5.41) is 4.82. The molecule has 0 bridgehead atoms. The van der Waals surface area contributed by atoms with E-state index in [-0.39, 0.29) is 10.8 Å². The van der Waals surface area contributed by atoms with E-state index in [1.54, 1.807) is 0 Å². The van der Waals surface area contributed by atoms with E-state index in [4.69, 9.17) is 4.42 Å². The van der Waals surface area contributed by atoms with Crippen molar-refractivity contribution in [2.24, 2.45) is 0 Å². The molecule has 8 aromatic rings. The molecule has 0 amide bonds. The summed E-state index contributed by atoms with van der Waals surface area (Å²) in [5.74, 6) is 0. The van der Waals surface area contributed by atoms with Gasteiger partial charge < -0.3 is 9.32 Å². The first-order valence-electron chi connectivity index (χ1n) is 16.4. The van der Waals surface area contributed by atoms with Crippen LogP contribution in [0, 0.1) is 0 Å². The predicted octanol–water partition coefficient (Wildman–Crippen LogP) is 13.7. The topological polar surface area (TPSA) is 16.4 Å². The second kappa shape index (κ2) is 10.9. The second-order valence-electron chi connectivity index (χ2n) is 14.7. The fraction of sp³-hybridized carbons (Fsp3) is 0.182. The third-order valence-electron chi connectivity index (χ3n) is 9.38. The number of hydrogen-bond acceptors (Lipinski definition) is 3. The highest BCUT2D eigenvalue weighted by Crippen LogP contribution is 2.50. The largest absolute Gasteiger partial charge is 0.454 e. The lowest BCUT2D eigenvalue weighted by Crippen LogP contribution is -2.11. The van der Waals surface area contributed by atoms with Crippen molar-refractivity contribution in [2.45, 2.75) is 52.4 Å². The molecule has 0 radical (unpaired) electrons. The van der Waals surface area contributed by atoms with E-state index in [0.717, 1.165) is 39.0 Å². The number of benzene rings is 6. The Kier molecular flexibility index (Phi) is 6.82. The molecule has 0 fully saturated rings. The van der Waals surface area contributed by atoms with Crippen LogP contribution in [0.25, 0.3) is 53.2 Å². The van der Waals surface area contributed by atoms with Crippen LogP contribution >= 0.6 is 11.3 Å². The Balaban J connectivity index is 1.47. The first-order chi connectivity index (χ1) is 22.6. The highest BCUT2D eigenvalue weighted by molar-refractivity contribution is 7.26. The van der Waals surface area contributed by atoms with Crippen molar-refractivity contribution in [3.05, 3.63) is 139 Å². The van der Waals surface area contributed by atoms with Gasteiger partial charge in [-0.15, -0.1) is 11.3 Å². The van der Waals surface area contributed by atoms with E-state index in [2.05, 4.69) is 174 Å². The predicted molar refractivity (Wildman–Crippen MR) is 204 cm³/mol. The summed E-state index contributed by atoms with van der Waals surface area (Å²) < 4.78 is 9.36. The van der Waals surface area contributed by atoms with Crippen LogP contribution in [-0.2, 0) is 10.8 Å². The van der Waals surface area contributed by atoms with Crippen LogP contribution in [0.3, 0.4) is 0 Å². The summed E-state index contributed by atoms with van der Waals surface area (Å²) in [4.78, 5) is 2.41. The Morgan fingerprint density at radius 1 is 0.532 bits per heavy atom. The van der Waals surface area contributed by atoms with Crippen LogP contribution in [0.15, 0.2) is 132 Å². The van der Waals surface area contributed by atoms with Crippen molar-refractivity contribution in [3.63, 3.8) is 0 Å². The van der Waals surface area contributed by atoms with Gasteiger partial charge in [0.2, 0.25) is 0 Å². The molecule has 0 atom stereocenters. The summed E-state index contributed by atoms with van der Waals surface area (Å²) in [6.45, 7) is 13.7. The van der Waals surface area contributed by atoms with Crippen LogP contribution in [0.1, 0.15) is 52.7 Å². The molecule has 0 aliphatic heterocycles. The molecule has 0 unspecified atom stereocenters. The van der Waals surface area contributed by atoms with Crippen LogP contribution < -0.4 is 4.90 Å². The van der Waals surface area contributed by atoms with Gasteiger partial charge in [0.05, 0.1) is 15.8 Å². The number of nitrogens with zero attached hydrogens (tertiary/aromatic N) is 1. The van der Waals surface area contributed by atoms with Crippen LogP contribution in [0.4, 0.5) is 17.1 Å². The zero-order valence-electron chi connectivity index (χ0n) is 27.9. The zero-order chi connectivity index (χ0) is 32.5. The van der Waals surface area contributed by atoms with Gasteiger partial charge in [0.25, 0.3) is 0 Å². The van der Waals surface area contributed by atoms with E-state index in [1.165, 1.54) is 42.4 Å². The third-order valence-corrected chi connectivity index (χ3v) is 10.6. The molecule has 0 saturated heterocycles. The molecule has 0 saturated carbocycles. The van der Waals surface area contributed by atoms with Crippen molar-refractivity contribution >= 4 is 70.5 Å². The molecular formula is C44H39NOS. The van der Waals surface area contributed by atoms with Gasteiger partial charge in [-0.25, -0.2) is 0 Å². The molecule has 2 nitrogen and oxygen atoms in total. The van der Waals surface area contributed by atoms with Gasteiger partial charge in [-0.2, -0.15) is 0 Å². The first kappa shape index (κ1) is 29.5. The maximum absolute atomic E-state index is 6.88. The normalized spacial score (nSPS) is 12.5. The minimum atomic E-state index is 0.00933. The van der Waals surface area contributed by atoms with Crippen molar-refractivity contribution in [1.29, 1.82) is 0 Å².